The first-order chi connectivity index (χ1) is 12.8. The van der Waals surface area contributed by atoms with E-state index in [4.69, 9.17) is 14.9 Å². The van der Waals surface area contributed by atoms with Gasteiger partial charge in [0.15, 0.2) is 0 Å². The van der Waals surface area contributed by atoms with Crippen molar-refractivity contribution < 1.29 is 34.1 Å². The van der Waals surface area contributed by atoms with Gasteiger partial charge >= 0.3 is 18.0 Å². The number of hydrogen-bond acceptors (Lipinski definition) is 6. The molecule has 1 aromatic carbocycles. The zero-order valence-electron chi connectivity index (χ0n) is 16.5. The molecule has 0 heterocycles. The van der Waals surface area contributed by atoms with Crippen molar-refractivity contribution in [2.24, 2.45) is 0 Å². The van der Waals surface area contributed by atoms with Crippen molar-refractivity contribution in [3.63, 3.8) is 0 Å². The Bertz CT molecular complexity index is 755. The fourth-order valence-corrected chi connectivity index (χ4v) is 2.24. The Labute approximate surface area is 162 Å². The van der Waals surface area contributed by atoms with Crippen LogP contribution in [-0.2, 0) is 14.3 Å². The summed E-state index contributed by atoms with van der Waals surface area (Å²) >= 11 is 0. The van der Waals surface area contributed by atoms with E-state index in [-0.39, 0.29) is 11.3 Å². The molecule has 10 nitrogen and oxygen atoms in total. The second kappa shape index (κ2) is 9.07. The first kappa shape index (κ1) is 22.7. The quantitative estimate of drug-likeness (QED) is 0.616. The van der Waals surface area contributed by atoms with Crippen LogP contribution in [0.1, 0.15) is 36.7 Å². The second-order valence-electron chi connectivity index (χ2n) is 7.13. The molecule has 0 radical (unpaired) electrons. The van der Waals surface area contributed by atoms with Gasteiger partial charge in [0, 0.05) is 18.3 Å². The standard InChI is InChI=1S/C18H25N3O7/c1-11-6-7-12(8-13(11)21(9-14(22)23)10-15(24)25)16(26)19-20(5)17(27)28-18(2,3)4/h6-8H,9-10H2,1-5H3,(H,19,26)(H,22,23)(H,24,25). The number of carboxylic acids is 2. The molecule has 0 aliphatic rings. The maximum absolute atomic E-state index is 12.4. The second-order valence-corrected chi connectivity index (χ2v) is 7.13. The van der Waals surface area contributed by atoms with Crippen molar-refractivity contribution in [1.29, 1.82) is 0 Å². The normalized spacial score (nSPS) is 10.8. The molecule has 0 fully saturated rings. The van der Waals surface area contributed by atoms with Crippen molar-refractivity contribution in [2.45, 2.75) is 33.3 Å². The molecule has 10 heteroatoms. The van der Waals surface area contributed by atoms with Crippen LogP contribution in [0, 0.1) is 6.92 Å². The lowest BCUT2D eigenvalue weighted by atomic mass is 10.1. The van der Waals surface area contributed by atoms with Crippen LogP contribution >= 0.6 is 0 Å². The Morgan fingerprint density at radius 2 is 1.61 bits per heavy atom. The first-order valence-electron chi connectivity index (χ1n) is 8.37. The molecule has 1 aromatic rings. The number of carbonyl (C=O) groups is 4. The molecule has 1 rings (SSSR count). The summed E-state index contributed by atoms with van der Waals surface area (Å²) in [6.07, 6.45) is -0.758. The number of aliphatic carboxylic acids is 2. The monoisotopic (exact) mass is 395 g/mol. The number of hydrazine groups is 1. The lowest BCUT2D eigenvalue weighted by Gasteiger charge is -2.25. The van der Waals surface area contributed by atoms with E-state index in [1.807, 2.05) is 0 Å². The predicted molar refractivity (Wildman–Crippen MR) is 100 cm³/mol. The van der Waals surface area contributed by atoms with Gasteiger partial charge in [-0.3, -0.25) is 19.8 Å². The molecule has 3 N–H and O–H groups in total. The molecule has 0 bridgehead atoms. The summed E-state index contributed by atoms with van der Waals surface area (Å²) < 4.78 is 5.14. The van der Waals surface area contributed by atoms with Gasteiger partial charge in [0.05, 0.1) is 0 Å². The lowest BCUT2D eigenvalue weighted by Crippen LogP contribution is -2.45. The summed E-state index contributed by atoms with van der Waals surface area (Å²) in [7, 11) is 1.32. The van der Waals surface area contributed by atoms with Crippen LogP contribution in [0.3, 0.4) is 0 Å². The maximum Gasteiger partial charge on any atom is 0.428 e. The number of carbonyl (C=O) groups excluding carboxylic acids is 2. The van der Waals surface area contributed by atoms with E-state index in [0.29, 0.717) is 5.56 Å². The fraction of sp³-hybridized carbons (Fsp3) is 0.444. The molecule has 0 saturated carbocycles. The van der Waals surface area contributed by atoms with E-state index < -0.39 is 42.6 Å². The van der Waals surface area contributed by atoms with Gasteiger partial charge in [-0.15, -0.1) is 0 Å². The van der Waals surface area contributed by atoms with Crippen LogP contribution in [0.15, 0.2) is 18.2 Å². The Balaban J connectivity index is 3.04. The predicted octanol–water partition coefficient (Wildman–Crippen LogP) is 1.48. The molecule has 0 aliphatic heterocycles. The number of hydrogen-bond donors (Lipinski definition) is 3. The Hall–Kier alpha value is -3.30. The molecule has 0 unspecified atom stereocenters. The van der Waals surface area contributed by atoms with Gasteiger partial charge in [0.25, 0.3) is 5.91 Å². The molecule has 0 saturated heterocycles. The molecule has 154 valence electrons. The number of aryl methyl sites for hydroxylation is 1. The topological polar surface area (TPSA) is 136 Å². The van der Waals surface area contributed by atoms with E-state index in [1.165, 1.54) is 19.2 Å². The van der Waals surface area contributed by atoms with E-state index in [9.17, 15) is 19.2 Å². The van der Waals surface area contributed by atoms with Crippen LogP contribution in [0.4, 0.5) is 10.5 Å². The van der Waals surface area contributed by atoms with Crippen LogP contribution in [0.25, 0.3) is 0 Å². The van der Waals surface area contributed by atoms with Crippen molar-refractivity contribution in [3.8, 4) is 0 Å². The van der Waals surface area contributed by atoms with Crippen LogP contribution < -0.4 is 10.3 Å². The first-order valence-corrected chi connectivity index (χ1v) is 8.37. The highest BCUT2D eigenvalue weighted by Crippen LogP contribution is 2.22. The molecular weight excluding hydrogens is 370 g/mol. The third kappa shape index (κ3) is 7.14. The van der Waals surface area contributed by atoms with Crippen molar-refractivity contribution in [3.05, 3.63) is 29.3 Å². The van der Waals surface area contributed by atoms with Crippen molar-refractivity contribution in [1.82, 2.24) is 10.4 Å². The molecular formula is C18H25N3O7. The smallest absolute Gasteiger partial charge is 0.428 e. The molecule has 0 atom stereocenters. The highest BCUT2D eigenvalue weighted by molar-refractivity contribution is 5.96. The number of rotatable bonds is 6. The largest absolute Gasteiger partial charge is 0.480 e. The van der Waals surface area contributed by atoms with Gasteiger partial charge in [-0.1, -0.05) is 6.07 Å². The number of carboxylic acid groups (broad SMARTS) is 2. The van der Waals surface area contributed by atoms with Crippen molar-refractivity contribution in [2.75, 3.05) is 25.0 Å². The average Bonchev–Trinajstić information content (AvgIpc) is 2.51. The Morgan fingerprint density at radius 3 is 2.07 bits per heavy atom. The number of nitrogens with one attached hydrogen (secondary N) is 1. The van der Waals surface area contributed by atoms with Crippen LogP contribution in [0.5, 0.6) is 0 Å². The summed E-state index contributed by atoms with van der Waals surface area (Å²) in [5.74, 6) is -3.06. The summed E-state index contributed by atoms with van der Waals surface area (Å²) in [5, 5.41) is 18.9. The van der Waals surface area contributed by atoms with E-state index in [2.05, 4.69) is 5.43 Å². The van der Waals surface area contributed by atoms with Gasteiger partial charge in [-0.05, 0) is 45.4 Å². The summed E-state index contributed by atoms with van der Waals surface area (Å²) in [4.78, 5) is 47.6. The minimum absolute atomic E-state index is 0.122. The number of amides is 2. The third-order valence-corrected chi connectivity index (χ3v) is 3.40. The lowest BCUT2D eigenvalue weighted by molar-refractivity contribution is -0.136. The van der Waals surface area contributed by atoms with Crippen LogP contribution in [-0.4, -0.2) is 64.9 Å². The Morgan fingerprint density at radius 1 is 1.07 bits per heavy atom. The van der Waals surface area contributed by atoms with Gasteiger partial charge in [-0.25, -0.2) is 9.80 Å². The summed E-state index contributed by atoms with van der Waals surface area (Å²) in [6.45, 7) is 5.64. The molecule has 0 spiro atoms. The third-order valence-electron chi connectivity index (χ3n) is 3.40. The Kier molecular flexibility index (Phi) is 7.36. The SMILES string of the molecule is Cc1ccc(C(=O)NN(C)C(=O)OC(C)(C)C)cc1N(CC(=O)O)CC(=O)O. The van der Waals surface area contributed by atoms with E-state index in [1.54, 1.807) is 33.8 Å². The highest BCUT2D eigenvalue weighted by Gasteiger charge is 2.22. The van der Waals surface area contributed by atoms with Gasteiger partial charge in [0.2, 0.25) is 0 Å². The molecule has 0 aromatic heterocycles. The maximum atomic E-state index is 12.4. The van der Waals surface area contributed by atoms with Gasteiger partial charge < -0.3 is 19.8 Å². The van der Waals surface area contributed by atoms with Gasteiger partial charge in [0.1, 0.15) is 18.7 Å². The minimum atomic E-state index is -1.21. The fourth-order valence-electron chi connectivity index (χ4n) is 2.24. The number of ether oxygens (including phenoxy) is 1. The number of nitrogens with zero attached hydrogens (tertiary/aromatic N) is 2. The minimum Gasteiger partial charge on any atom is -0.480 e. The number of anilines is 1. The highest BCUT2D eigenvalue weighted by atomic mass is 16.6. The number of benzene rings is 1. The molecule has 0 aliphatic carbocycles. The summed E-state index contributed by atoms with van der Waals surface area (Å²) in [6, 6.07) is 4.42. The van der Waals surface area contributed by atoms with Gasteiger partial charge in [-0.2, -0.15) is 0 Å². The average molecular weight is 395 g/mol. The zero-order valence-corrected chi connectivity index (χ0v) is 16.5. The van der Waals surface area contributed by atoms with E-state index >= 15 is 0 Å². The molecule has 2 amide bonds. The van der Waals surface area contributed by atoms with Crippen molar-refractivity contribution >= 4 is 29.6 Å². The molecule has 28 heavy (non-hydrogen) atoms. The van der Waals surface area contributed by atoms with E-state index in [0.717, 1.165) is 9.91 Å². The summed E-state index contributed by atoms with van der Waals surface area (Å²) in [5.41, 5.74) is 2.63. The zero-order chi connectivity index (χ0) is 21.6. The van der Waals surface area contributed by atoms with Crippen LogP contribution in [0.2, 0.25) is 0 Å².